The first-order valence-corrected chi connectivity index (χ1v) is 8.67. The number of ether oxygens (including phenoxy) is 1. The number of anilines is 1. The second kappa shape index (κ2) is 8.36. The Morgan fingerprint density at radius 3 is 2.38 bits per heavy atom. The van der Waals surface area contributed by atoms with Crippen molar-refractivity contribution in [1.29, 1.82) is 0 Å². The van der Waals surface area contributed by atoms with Gasteiger partial charge in [0.2, 0.25) is 0 Å². The van der Waals surface area contributed by atoms with Crippen LogP contribution in [0.4, 0.5) is 5.69 Å². The van der Waals surface area contributed by atoms with E-state index in [0.717, 1.165) is 27.6 Å². The maximum absolute atomic E-state index is 6.16. The van der Waals surface area contributed by atoms with Gasteiger partial charge in [-0.15, -0.1) is 0 Å². The quantitative estimate of drug-likeness (QED) is 0.703. The van der Waals surface area contributed by atoms with Crippen LogP contribution in [0.15, 0.2) is 42.5 Å². The van der Waals surface area contributed by atoms with Gasteiger partial charge in [0.25, 0.3) is 0 Å². The molecule has 0 aliphatic rings. The molecule has 3 nitrogen and oxygen atoms in total. The van der Waals surface area contributed by atoms with Gasteiger partial charge in [-0.1, -0.05) is 43.6 Å². The maximum atomic E-state index is 6.16. The molecular weight excluding hydrogens is 340 g/mol. The number of benzene rings is 2. The molecule has 0 aromatic heterocycles. The fourth-order valence-corrected chi connectivity index (χ4v) is 2.90. The third-order valence-corrected chi connectivity index (χ3v) is 4.57. The first kappa shape index (κ1) is 18.6. The first-order valence-electron chi connectivity index (χ1n) is 7.89. The number of halogens is 1. The van der Waals surface area contributed by atoms with Crippen LogP contribution in [0.5, 0.6) is 5.75 Å². The van der Waals surface area contributed by atoms with Crippen LogP contribution >= 0.6 is 23.8 Å². The molecule has 0 spiro atoms. The summed E-state index contributed by atoms with van der Waals surface area (Å²) in [6, 6.07) is 13.9. The van der Waals surface area contributed by atoms with E-state index in [-0.39, 0.29) is 6.04 Å². The minimum atomic E-state index is 0.107. The van der Waals surface area contributed by atoms with Gasteiger partial charge in [0, 0.05) is 10.7 Å². The van der Waals surface area contributed by atoms with Crippen molar-refractivity contribution < 1.29 is 4.74 Å². The minimum absolute atomic E-state index is 0.107. The van der Waals surface area contributed by atoms with Crippen molar-refractivity contribution in [2.24, 2.45) is 5.92 Å². The van der Waals surface area contributed by atoms with Gasteiger partial charge < -0.3 is 15.4 Å². The lowest BCUT2D eigenvalue weighted by Crippen LogP contribution is -2.35. The van der Waals surface area contributed by atoms with Crippen molar-refractivity contribution in [3.63, 3.8) is 0 Å². The molecule has 2 aromatic carbocycles. The smallest absolute Gasteiger partial charge is 0.171 e. The zero-order valence-electron chi connectivity index (χ0n) is 14.4. The van der Waals surface area contributed by atoms with Crippen molar-refractivity contribution in [2.45, 2.75) is 26.8 Å². The second-order valence-corrected chi connectivity index (χ2v) is 6.82. The van der Waals surface area contributed by atoms with Gasteiger partial charge in [-0.3, -0.25) is 0 Å². The van der Waals surface area contributed by atoms with Gasteiger partial charge in [-0.05, 0) is 60.5 Å². The summed E-state index contributed by atoms with van der Waals surface area (Å²) in [6.45, 7) is 6.29. The van der Waals surface area contributed by atoms with E-state index in [4.69, 9.17) is 28.6 Å². The third kappa shape index (κ3) is 4.62. The molecule has 24 heavy (non-hydrogen) atoms. The second-order valence-electron chi connectivity index (χ2n) is 6.01. The number of rotatable bonds is 5. The molecule has 1 atom stereocenters. The standard InChI is InChI=1S/C19H23ClN2OS/c1-12(2)18(14-8-10-15(23-4)11-9-14)22-19(24)21-17-7-5-6-16(20)13(17)3/h5-12,18H,1-4H3,(H2,21,22,24)/t18-/m0/s1. The Hall–Kier alpha value is -1.78. The molecule has 5 heteroatoms. The Morgan fingerprint density at radius 1 is 1.12 bits per heavy atom. The summed E-state index contributed by atoms with van der Waals surface area (Å²) in [4.78, 5) is 0. The fourth-order valence-electron chi connectivity index (χ4n) is 2.49. The fraction of sp³-hybridized carbons (Fsp3) is 0.316. The highest BCUT2D eigenvalue weighted by molar-refractivity contribution is 7.80. The van der Waals surface area contributed by atoms with E-state index >= 15 is 0 Å². The molecule has 2 N–H and O–H groups in total. The Bertz CT molecular complexity index is 701. The molecular formula is C19H23ClN2OS. The SMILES string of the molecule is COc1ccc([C@@H](NC(=S)Nc2cccc(Cl)c2C)C(C)C)cc1. The summed E-state index contributed by atoms with van der Waals surface area (Å²) in [5, 5.41) is 7.94. The Morgan fingerprint density at radius 2 is 1.79 bits per heavy atom. The minimum Gasteiger partial charge on any atom is -0.497 e. The van der Waals surface area contributed by atoms with E-state index in [0.29, 0.717) is 11.0 Å². The van der Waals surface area contributed by atoms with E-state index < -0.39 is 0 Å². The van der Waals surface area contributed by atoms with Crippen LogP contribution in [0, 0.1) is 12.8 Å². The summed E-state index contributed by atoms with van der Waals surface area (Å²) < 4.78 is 5.22. The number of hydrogen-bond acceptors (Lipinski definition) is 2. The van der Waals surface area contributed by atoms with Crippen LogP contribution in [-0.2, 0) is 0 Å². The summed E-state index contributed by atoms with van der Waals surface area (Å²) in [6.07, 6.45) is 0. The highest BCUT2D eigenvalue weighted by Gasteiger charge is 2.17. The third-order valence-electron chi connectivity index (χ3n) is 3.94. The average molecular weight is 363 g/mol. The van der Waals surface area contributed by atoms with Crippen molar-refractivity contribution in [3.05, 3.63) is 58.6 Å². The number of nitrogens with one attached hydrogen (secondary N) is 2. The van der Waals surface area contributed by atoms with Crippen molar-refractivity contribution >= 4 is 34.6 Å². The molecule has 0 bridgehead atoms. The number of methoxy groups -OCH3 is 1. The summed E-state index contributed by atoms with van der Waals surface area (Å²) in [7, 11) is 1.67. The maximum Gasteiger partial charge on any atom is 0.171 e. The van der Waals surface area contributed by atoms with Gasteiger partial charge in [0.1, 0.15) is 5.75 Å². The van der Waals surface area contributed by atoms with E-state index in [1.165, 1.54) is 0 Å². The molecule has 0 amide bonds. The van der Waals surface area contributed by atoms with Crippen molar-refractivity contribution in [2.75, 3.05) is 12.4 Å². The lowest BCUT2D eigenvalue weighted by atomic mass is 9.96. The van der Waals surface area contributed by atoms with E-state index in [1.807, 2.05) is 37.3 Å². The molecule has 0 saturated carbocycles. The van der Waals surface area contributed by atoms with Crippen LogP contribution in [-0.4, -0.2) is 12.2 Å². The Kier molecular flexibility index (Phi) is 6.46. The lowest BCUT2D eigenvalue weighted by molar-refractivity contribution is 0.413. The Balaban J connectivity index is 2.12. The van der Waals surface area contributed by atoms with Gasteiger partial charge in [0.15, 0.2) is 5.11 Å². The Labute approximate surface area is 154 Å². The molecule has 2 aromatic rings. The van der Waals surface area contributed by atoms with Crippen LogP contribution in [0.1, 0.15) is 31.0 Å². The highest BCUT2D eigenvalue weighted by atomic mass is 35.5. The van der Waals surface area contributed by atoms with Crippen molar-refractivity contribution in [3.8, 4) is 5.75 Å². The van der Waals surface area contributed by atoms with E-state index in [9.17, 15) is 0 Å². The first-order chi connectivity index (χ1) is 11.4. The van der Waals surface area contributed by atoms with Gasteiger partial charge in [-0.25, -0.2) is 0 Å². The predicted molar refractivity (Wildman–Crippen MR) is 106 cm³/mol. The number of thiocarbonyl (C=S) groups is 1. The van der Waals surface area contributed by atoms with Crippen LogP contribution in [0.3, 0.4) is 0 Å². The van der Waals surface area contributed by atoms with Crippen LogP contribution < -0.4 is 15.4 Å². The largest absolute Gasteiger partial charge is 0.497 e. The van der Waals surface area contributed by atoms with E-state index in [1.54, 1.807) is 7.11 Å². The molecule has 0 fully saturated rings. The predicted octanol–water partition coefficient (Wildman–Crippen LogP) is 5.34. The van der Waals surface area contributed by atoms with Gasteiger partial charge in [0.05, 0.1) is 13.2 Å². The summed E-state index contributed by atoms with van der Waals surface area (Å²) in [5.41, 5.74) is 3.06. The summed E-state index contributed by atoms with van der Waals surface area (Å²) >= 11 is 11.7. The molecule has 0 aliphatic heterocycles. The number of hydrogen-bond donors (Lipinski definition) is 2. The molecule has 2 rings (SSSR count). The summed E-state index contributed by atoms with van der Waals surface area (Å²) in [5.74, 6) is 1.22. The molecule has 0 saturated heterocycles. The molecule has 0 unspecified atom stereocenters. The molecule has 0 aliphatic carbocycles. The topological polar surface area (TPSA) is 33.3 Å². The van der Waals surface area contributed by atoms with Crippen molar-refractivity contribution in [1.82, 2.24) is 5.32 Å². The zero-order valence-corrected chi connectivity index (χ0v) is 16.0. The van der Waals surface area contributed by atoms with Crippen LogP contribution in [0.25, 0.3) is 0 Å². The zero-order chi connectivity index (χ0) is 17.7. The van der Waals surface area contributed by atoms with Gasteiger partial charge >= 0.3 is 0 Å². The molecule has 128 valence electrons. The molecule has 0 radical (unpaired) electrons. The van der Waals surface area contributed by atoms with Gasteiger partial charge in [-0.2, -0.15) is 0 Å². The van der Waals surface area contributed by atoms with E-state index in [2.05, 4.69) is 36.6 Å². The normalized spacial score (nSPS) is 11.9. The average Bonchev–Trinajstić information content (AvgIpc) is 2.57. The molecule has 0 heterocycles. The van der Waals surface area contributed by atoms with Crippen LogP contribution in [0.2, 0.25) is 5.02 Å². The highest BCUT2D eigenvalue weighted by Crippen LogP contribution is 2.25. The lowest BCUT2D eigenvalue weighted by Gasteiger charge is -2.25. The monoisotopic (exact) mass is 362 g/mol.